The van der Waals surface area contributed by atoms with Crippen LogP contribution in [0.15, 0.2) is 18.2 Å². The van der Waals surface area contributed by atoms with Crippen LogP contribution in [0.4, 0.5) is 10.5 Å². The number of nitrogens with one attached hydrogen (secondary N) is 3. The minimum Gasteiger partial charge on any atom is -0.454 e. The van der Waals surface area contributed by atoms with E-state index in [4.69, 9.17) is 9.47 Å². The normalized spacial score (nSPS) is 32.2. The van der Waals surface area contributed by atoms with Crippen LogP contribution in [-0.2, 0) is 4.79 Å². The van der Waals surface area contributed by atoms with Crippen molar-refractivity contribution >= 4 is 17.6 Å². The van der Waals surface area contributed by atoms with Crippen molar-refractivity contribution in [1.29, 1.82) is 0 Å². The number of urea groups is 1. The van der Waals surface area contributed by atoms with Crippen molar-refractivity contribution in [3.63, 3.8) is 0 Å². The zero-order valence-electron chi connectivity index (χ0n) is 15.3. The second kappa shape index (κ2) is 6.32. The Labute approximate surface area is 158 Å². The van der Waals surface area contributed by atoms with Gasteiger partial charge in [0.25, 0.3) is 0 Å². The molecule has 0 atom stereocenters. The minimum atomic E-state index is -0.479. The molecule has 144 valence electrons. The summed E-state index contributed by atoms with van der Waals surface area (Å²) in [6.45, 7) is 0.186. The van der Waals surface area contributed by atoms with Gasteiger partial charge in [0.1, 0.15) is 0 Å². The summed E-state index contributed by atoms with van der Waals surface area (Å²) in [4.78, 5) is 24.5. The van der Waals surface area contributed by atoms with Gasteiger partial charge in [-0.15, -0.1) is 0 Å². The lowest BCUT2D eigenvalue weighted by Crippen LogP contribution is -2.50. The smallest absolute Gasteiger partial charge is 0.337 e. The quantitative estimate of drug-likeness (QED) is 0.712. The third-order valence-electron chi connectivity index (χ3n) is 6.65. The van der Waals surface area contributed by atoms with E-state index in [2.05, 4.69) is 16.2 Å². The Morgan fingerprint density at radius 2 is 1.63 bits per heavy atom. The van der Waals surface area contributed by atoms with E-state index in [1.165, 1.54) is 38.5 Å². The Balaban J connectivity index is 1.13. The fourth-order valence-electron chi connectivity index (χ4n) is 6.15. The molecule has 1 heterocycles. The number of benzene rings is 1. The summed E-state index contributed by atoms with van der Waals surface area (Å²) in [6, 6.07) is 4.68. The van der Waals surface area contributed by atoms with E-state index >= 15 is 0 Å². The molecule has 0 saturated heterocycles. The monoisotopic (exact) mass is 371 g/mol. The number of anilines is 1. The van der Waals surface area contributed by atoms with Gasteiger partial charge in [0.15, 0.2) is 11.5 Å². The fourth-order valence-corrected chi connectivity index (χ4v) is 6.15. The number of hydrazine groups is 1. The molecular weight excluding hydrogens is 346 g/mol. The van der Waals surface area contributed by atoms with Crippen molar-refractivity contribution < 1.29 is 19.1 Å². The van der Waals surface area contributed by atoms with E-state index in [1.807, 2.05) is 0 Å². The highest BCUT2D eigenvalue weighted by atomic mass is 16.7. The largest absolute Gasteiger partial charge is 0.454 e. The molecule has 4 bridgehead atoms. The Morgan fingerprint density at radius 1 is 0.963 bits per heavy atom. The van der Waals surface area contributed by atoms with Gasteiger partial charge in [-0.1, -0.05) is 0 Å². The topological polar surface area (TPSA) is 88.7 Å². The Hall–Kier alpha value is -2.44. The molecular formula is C20H25N3O4. The molecule has 1 aromatic carbocycles. The predicted octanol–water partition coefficient (Wildman–Crippen LogP) is 3.17. The summed E-state index contributed by atoms with van der Waals surface area (Å²) >= 11 is 0. The first-order valence-corrected chi connectivity index (χ1v) is 9.82. The van der Waals surface area contributed by atoms with E-state index in [1.54, 1.807) is 18.2 Å². The molecule has 0 unspecified atom stereocenters. The zero-order valence-corrected chi connectivity index (χ0v) is 15.3. The number of carbonyl (C=O) groups excluding carboxylic acids is 2. The van der Waals surface area contributed by atoms with Gasteiger partial charge in [-0.2, -0.15) is 0 Å². The number of hydrogen-bond donors (Lipinski definition) is 3. The van der Waals surface area contributed by atoms with Crippen LogP contribution in [-0.4, -0.2) is 18.7 Å². The lowest BCUT2D eigenvalue weighted by molar-refractivity contribution is -0.130. The summed E-state index contributed by atoms with van der Waals surface area (Å²) in [7, 11) is 0. The van der Waals surface area contributed by atoms with Crippen LogP contribution in [0.3, 0.4) is 0 Å². The van der Waals surface area contributed by atoms with Crippen molar-refractivity contribution in [1.82, 2.24) is 10.9 Å². The number of rotatable bonds is 3. The van der Waals surface area contributed by atoms with E-state index in [0.717, 1.165) is 17.8 Å². The molecule has 0 radical (unpaired) electrons. The molecule has 5 aliphatic rings. The first-order chi connectivity index (χ1) is 13.1. The summed E-state index contributed by atoms with van der Waals surface area (Å²) in [6.07, 6.45) is 8.12. The second-order valence-electron chi connectivity index (χ2n) is 8.79. The van der Waals surface area contributed by atoms with E-state index in [0.29, 0.717) is 23.6 Å². The van der Waals surface area contributed by atoms with Gasteiger partial charge >= 0.3 is 6.03 Å². The van der Waals surface area contributed by atoms with Crippen molar-refractivity contribution in [2.45, 2.75) is 44.9 Å². The number of fused-ring (bicyclic) bond motifs is 1. The highest BCUT2D eigenvalue weighted by Gasteiger charge is 2.51. The van der Waals surface area contributed by atoms with Crippen LogP contribution in [0.25, 0.3) is 0 Å². The van der Waals surface area contributed by atoms with Crippen molar-refractivity contribution in [3.05, 3.63) is 18.2 Å². The van der Waals surface area contributed by atoms with Gasteiger partial charge in [0.2, 0.25) is 12.7 Å². The highest BCUT2D eigenvalue weighted by Crippen LogP contribution is 2.61. The summed E-state index contributed by atoms with van der Waals surface area (Å²) in [5.41, 5.74) is 5.77. The molecule has 4 aliphatic carbocycles. The highest BCUT2D eigenvalue weighted by molar-refractivity contribution is 5.91. The molecule has 27 heavy (non-hydrogen) atoms. The predicted molar refractivity (Wildman–Crippen MR) is 98.1 cm³/mol. The maximum absolute atomic E-state index is 12.4. The van der Waals surface area contributed by atoms with Crippen molar-refractivity contribution in [2.75, 3.05) is 12.1 Å². The van der Waals surface area contributed by atoms with Gasteiger partial charge in [0, 0.05) is 18.2 Å². The Bertz CT molecular complexity index is 743. The molecule has 4 saturated carbocycles. The van der Waals surface area contributed by atoms with Crippen molar-refractivity contribution in [3.8, 4) is 11.5 Å². The summed E-state index contributed by atoms with van der Waals surface area (Å²) < 4.78 is 10.5. The molecule has 6 rings (SSSR count). The molecule has 7 nitrogen and oxygen atoms in total. The Morgan fingerprint density at radius 3 is 2.33 bits per heavy atom. The second-order valence-corrected chi connectivity index (χ2v) is 8.79. The zero-order chi connectivity index (χ0) is 18.4. The lowest BCUT2D eigenvalue weighted by atomic mass is 9.49. The molecule has 7 heteroatoms. The fraction of sp³-hybridized carbons (Fsp3) is 0.600. The third-order valence-corrected chi connectivity index (χ3v) is 6.65. The molecule has 1 aliphatic heterocycles. The van der Waals surface area contributed by atoms with Gasteiger partial charge in [0.05, 0.1) is 0 Å². The van der Waals surface area contributed by atoms with Gasteiger partial charge in [-0.3, -0.25) is 10.2 Å². The van der Waals surface area contributed by atoms with Gasteiger partial charge < -0.3 is 14.8 Å². The molecule has 1 aromatic rings. The van der Waals surface area contributed by atoms with E-state index in [-0.39, 0.29) is 18.1 Å². The van der Waals surface area contributed by atoms with Crippen molar-refractivity contribution in [2.24, 2.45) is 23.2 Å². The van der Waals surface area contributed by atoms with Crippen LogP contribution in [0.1, 0.15) is 44.9 Å². The summed E-state index contributed by atoms with van der Waals surface area (Å²) in [5.74, 6) is 3.59. The number of carbonyl (C=O) groups is 2. The van der Waals surface area contributed by atoms with Crippen LogP contribution >= 0.6 is 0 Å². The first kappa shape index (κ1) is 16.7. The Kier molecular flexibility index (Phi) is 3.91. The van der Waals surface area contributed by atoms with Gasteiger partial charge in [-0.25, -0.2) is 10.2 Å². The maximum atomic E-state index is 12.4. The SMILES string of the molecule is O=C(CC12CC3CC(CC(C3)C1)C2)NNC(=O)Nc1ccc2c(c1)OCO2. The van der Waals surface area contributed by atoms with E-state index < -0.39 is 6.03 Å². The van der Waals surface area contributed by atoms with Gasteiger partial charge in [-0.05, 0) is 73.8 Å². The molecule has 3 N–H and O–H groups in total. The van der Waals surface area contributed by atoms with Crippen LogP contribution in [0.5, 0.6) is 11.5 Å². The number of hydrogen-bond acceptors (Lipinski definition) is 4. The lowest BCUT2D eigenvalue weighted by Gasteiger charge is -2.56. The average Bonchev–Trinajstić information content (AvgIpc) is 3.06. The van der Waals surface area contributed by atoms with Crippen LogP contribution < -0.4 is 25.6 Å². The molecule has 4 fully saturated rings. The first-order valence-electron chi connectivity index (χ1n) is 9.82. The van der Waals surface area contributed by atoms with Crippen LogP contribution in [0, 0.1) is 23.2 Å². The standard InChI is InChI=1S/C20H25N3O4/c24-18(10-20-7-12-3-13(8-20)5-14(4-12)9-20)22-23-19(25)21-15-1-2-16-17(6-15)27-11-26-16/h1-2,6,12-14H,3-5,7-11H2,(H,22,24)(H2,21,23,25). The molecule has 0 spiro atoms. The molecule has 3 amide bonds. The van der Waals surface area contributed by atoms with Crippen LogP contribution in [0.2, 0.25) is 0 Å². The van der Waals surface area contributed by atoms with E-state index in [9.17, 15) is 9.59 Å². The number of amides is 3. The molecule has 0 aromatic heterocycles. The number of ether oxygens (including phenoxy) is 2. The minimum absolute atomic E-state index is 0.0993. The maximum Gasteiger partial charge on any atom is 0.337 e. The average molecular weight is 371 g/mol. The summed E-state index contributed by atoms with van der Waals surface area (Å²) in [5, 5.41) is 2.69. The third kappa shape index (κ3) is 3.31.